The summed E-state index contributed by atoms with van der Waals surface area (Å²) in [5.41, 5.74) is 1.62. The van der Waals surface area contributed by atoms with E-state index in [9.17, 15) is 18.9 Å². The van der Waals surface area contributed by atoms with E-state index in [1.165, 1.54) is 30.6 Å². The number of nitrogens with zero attached hydrogens (tertiary/aromatic N) is 1. The summed E-state index contributed by atoms with van der Waals surface area (Å²) in [6.45, 7) is 5.30. The molecule has 1 fully saturated rings. The molecule has 276 valence electrons. The number of likely N-dealkylation sites (tertiary alicyclic amines) is 1. The second-order valence-corrected chi connectivity index (χ2v) is 15.5. The van der Waals surface area contributed by atoms with E-state index in [1.54, 1.807) is 13.8 Å². The maximum absolute atomic E-state index is 14.0. The predicted octanol–water partition coefficient (Wildman–Crippen LogP) is 7.38. The van der Waals surface area contributed by atoms with Gasteiger partial charge in [-0.15, -0.1) is 0 Å². The van der Waals surface area contributed by atoms with Gasteiger partial charge in [-0.25, -0.2) is 4.79 Å². The first-order valence-corrected chi connectivity index (χ1v) is 18.7. The topological polar surface area (TPSA) is 136 Å². The minimum absolute atomic E-state index is 0.0305. The van der Waals surface area contributed by atoms with Gasteiger partial charge in [0.1, 0.15) is 12.7 Å². The van der Waals surface area contributed by atoms with Crippen molar-refractivity contribution >= 4 is 60.4 Å². The van der Waals surface area contributed by atoms with Gasteiger partial charge < -0.3 is 32.7 Å². The van der Waals surface area contributed by atoms with Crippen LogP contribution < -0.4 is 0 Å². The standard InChI is InChI=1S/C34H43Cl3NO11P/c1-5-46-50(42,47-6-2)19-13-18-28-30(48-24(3)39)32(44-21-27-16-11-8-12-17-27)31(49-25(4)40)29(22-43-20-26-14-9-7-10-15-26)38(28)33(41)45-23-34(35,36)37/h7-17,19,28-32H,5-6,18,20-23H2,1-4H3/b19-13+/t28-,29-,30+,31-,32-/m1/s1. The summed E-state index contributed by atoms with van der Waals surface area (Å²) in [5, 5.41) is 0. The highest BCUT2D eigenvalue weighted by Gasteiger charge is 2.55. The smallest absolute Gasteiger partial charge is 0.410 e. The van der Waals surface area contributed by atoms with Crippen LogP contribution in [0.3, 0.4) is 0 Å². The van der Waals surface area contributed by atoms with Gasteiger partial charge in [-0.1, -0.05) is 102 Å². The summed E-state index contributed by atoms with van der Waals surface area (Å²) >= 11 is 17.8. The normalized spacial score (nSPS) is 21.2. The monoisotopic (exact) mass is 777 g/mol. The van der Waals surface area contributed by atoms with Crippen molar-refractivity contribution in [1.82, 2.24) is 4.90 Å². The lowest BCUT2D eigenvalue weighted by Gasteiger charge is -2.51. The third kappa shape index (κ3) is 13.5. The average Bonchev–Trinajstić information content (AvgIpc) is 3.05. The van der Waals surface area contributed by atoms with Crippen molar-refractivity contribution in [3.05, 3.63) is 83.7 Å². The van der Waals surface area contributed by atoms with Gasteiger partial charge in [0.2, 0.25) is 3.79 Å². The maximum atomic E-state index is 14.0. The number of rotatable bonds is 17. The minimum atomic E-state index is -3.68. The molecule has 0 radical (unpaired) electrons. The van der Waals surface area contributed by atoms with Gasteiger partial charge in [-0.2, -0.15) is 0 Å². The van der Waals surface area contributed by atoms with Crippen molar-refractivity contribution in [3.63, 3.8) is 0 Å². The molecule has 0 spiro atoms. The number of ether oxygens (including phenoxy) is 5. The molecule has 0 N–H and O–H groups in total. The number of amides is 1. The number of hydrogen-bond donors (Lipinski definition) is 0. The fourth-order valence-corrected chi connectivity index (χ4v) is 6.92. The summed E-state index contributed by atoms with van der Waals surface area (Å²) < 4.78 is 51.8. The lowest BCUT2D eigenvalue weighted by atomic mass is 9.86. The molecule has 50 heavy (non-hydrogen) atoms. The van der Waals surface area contributed by atoms with E-state index in [0.29, 0.717) is 0 Å². The van der Waals surface area contributed by atoms with Gasteiger partial charge >= 0.3 is 25.6 Å². The van der Waals surface area contributed by atoms with Crippen molar-refractivity contribution in [2.45, 2.75) is 81.5 Å². The van der Waals surface area contributed by atoms with Gasteiger partial charge in [-0.05, 0) is 31.4 Å². The molecule has 2 aromatic rings. The summed E-state index contributed by atoms with van der Waals surface area (Å²) in [5.74, 6) is -0.129. The van der Waals surface area contributed by atoms with Crippen molar-refractivity contribution < 1.29 is 51.7 Å². The van der Waals surface area contributed by atoms with Crippen LogP contribution in [0.2, 0.25) is 0 Å². The first-order valence-electron chi connectivity index (χ1n) is 16.0. The van der Waals surface area contributed by atoms with Crippen molar-refractivity contribution in [2.24, 2.45) is 0 Å². The molecule has 1 saturated heterocycles. The van der Waals surface area contributed by atoms with E-state index in [0.717, 1.165) is 11.1 Å². The highest BCUT2D eigenvalue weighted by atomic mass is 35.6. The third-order valence-electron chi connectivity index (χ3n) is 7.26. The molecule has 1 aliphatic rings. The van der Waals surface area contributed by atoms with Crippen molar-refractivity contribution in [3.8, 4) is 0 Å². The van der Waals surface area contributed by atoms with Crippen LogP contribution in [-0.4, -0.2) is 83.5 Å². The number of halogens is 3. The average molecular weight is 779 g/mol. The SMILES string of the molecule is CCOP(=O)(/C=C/C[C@@H]1[C@H](OC(C)=O)[C@@H](OCc2ccccc2)[C@H](OC(C)=O)[C@@H](COCc2ccccc2)N1C(=O)OCC(Cl)(Cl)Cl)OCC. The number of hydrogen-bond acceptors (Lipinski definition) is 11. The molecule has 0 bridgehead atoms. The zero-order valence-corrected chi connectivity index (χ0v) is 31.4. The first-order chi connectivity index (χ1) is 23.8. The maximum Gasteiger partial charge on any atom is 0.410 e. The molecule has 2 aromatic carbocycles. The molecule has 3 rings (SSSR count). The summed E-state index contributed by atoms with van der Waals surface area (Å²) in [7, 11) is -3.68. The highest BCUT2D eigenvalue weighted by Crippen LogP contribution is 2.50. The zero-order chi connectivity index (χ0) is 36.7. The van der Waals surface area contributed by atoms with Gasteiger partial charge in [0.25, 0.3) is 0 Å². The zero-order valence-electron chi connectivity index (χ0n) is 28.3. The van der Waals surface area contributed by atoms with Crippen LogP contribution in [0, 0.1) is 0 Å². The fraction of sp³-hybridized carbons (Fsp3) is 0.500. The van der Waals surface area contributed by atoms with Gasteiger partial charge in [-0.3, -0.25) is 19.1 Å². The second kappa shape index (κ2) is 20.4. The van der Waals surface area contributed by atoms with Crippen LogP contribution in [0.4, 0.5) is 4.79 Å². The van der Waals surface area contributed by atoms with E-state index in [4.69, 9.17) is 67.5 Å². The van der Waals surface area contributed by atoms with Crippen LogP contribution in [-0.2, 0) is 60.1 Å². The second-order valence-electron chi connectivity index (χ2n) is 11.1. The molecule has 0 aliphatic carbocycles. The molecule has 0 unspecified atom stereocenters. The largest absolute Gasteiger partial charge is 0.457 e. The number of carbonyl (C=O) groups excluding carboxylic acids is 3. The van der Waals surface area contributed by atoms with E-state index in [2.05, 4.69) is 0 Å². The Labute approximate surface area is 307 Å². The van der Waals surface area contributed by atoms with Gasteiger partial charge in [0.15, 0.2) is 12.2 Å². The summed E-state index contributed by atoms with van der Waals surface area (Å²) in [6, 6.07) is 16.3. The molecule has 0 aromatic heterocycles. The molecule has 1 heterocycles. The molecular formula is C34H43Cl3NO11P. The molecule has 1 amide bonds. The Morgan fingerprint density at radius 2 is 1.32 bits per heavy atom. The Hall–Kier alpha value is -2.67. The van der Waals surface area contributed by atoms with Gasteiger partial charge in [0.05, 0.1) is 45.1 Å². The molecular weight excluding hydrogens is 736 g/mol. The van der Waals surface area contributed by atoms with Gasteiger partial charge in [0, 0.05) is 19.7 Å². The molecule has 0 saturated carbocycles. The number of benzene rings is 2. The fourth-order valence-electron chi connectivity index (χ4n) is 5.41. The Bertz CT molecular complexity index is 1430. The number of carbonyl (C=O) groups is 3. The van der Waals surface area contributed by atoms with E-state index >= 15 is 0 Å². The van der Waals surface area contributed by atoms with Crippen LogP contribution in [0.25, 0.3) is 0 Å². The van der Waals surface area contributed by atoms with E-state index < -0.39 is 66.4 Å². The van der Waals surface area contributed by atoms with Crippen LogP contribution >= 0.6 is 42.4 Å². The third-order valence-corrected chi connectivity index (χ3v) is 9.40. The number of alkyl halides is 3. The summed E-state index contributed by atoms with van der Waals surface area (Å²) in [4.78, 5) is 40.6. The molecule has 5 atom stereocenters. The van der Waals surface area contributed by atoms with E-state index in [1.807, 2.05) is 60.7 Å². The number of piperidine rings is 1. The lowest BCUT2D eigenvalue weighted by molar-refractivity contribution is -0.216. The highest BCUT2D eigenvalue weighted by molar-refractivity contribution is 7.57. The minimum Gasteiger partial charge on any atom is -0.457 e. The molecule has 12 nitrogen and oxygen atoms in total. The lowest BCUT2D eigenvalue weighted by Crippen LogP contribution is -2.70. The van der Waals surface area contributed by atoms with Crippen molar-refractivity contribution in [1.29, 1.82) is 0 Å². The van der Waals surface area contributed by atoms with Crippen LogP contribution in [0.15, 0.2) is 72.6 Å². The Morgan fingerprint density at radius 1 is 0.800 bits per heavy atom. The van der Waals surface area contributed by atoms with E-state index in [-0.39, 0.29) is 39.5 Å². The summed E-state index contributed by atoms with van der Waals surface area (Å²) in [6.07, 6.45) is -3.21. The van der Waals surface area contributed by atoms with Crippen LogP contribution in [0.1, 0.15) is 45.2 Å². The Balaban J connectivity index is 2.16. The Morgan fingerprint density at radius 3 is 1.82 bits per heavy atom. The van der Waals surface area contributed by atoms with Crippen LogP contribution in [0.5, 0.6) is 0 Å². The molecule has 1 aliphatic heterocycles. The predicted molar refractivity (Wildman–Crippen MR) is 188 cm³/mol. The Kier molecular flexibility index (Phi) is 17.0. The molecule has 16 heteroatoms. The quantitative estimate of drug-likeness (QED) is 0.0689. The number of esters is 2. The van der Waals surface area contributed by atoms with Crippen molar-refractivity contribution in [2.75, 3.05) is 26.4 Å². The first kappa shape index (κ1) is 41.7.